The summed E-state index contributed by atoms with van der Waals surface area (Å²) in [6.45, 7) is 1.55. The van der Waals surface area contributed by atoms with Crippen LogP contribution in [0.1, 0.15) is 34.3 Å². The smallest absolute Gasteiger partial charge is 0.419 e. The van der Waals surface area contributed by atoms with E-state index in [-0.39, 0.29) is 49.9 Å². The van der Waals surface area contributed by atoms with Crippen molar-refractivity contribution in [2.45, 2.75) is 30.7 Å². The summed E-state index contributed by atoms with van der Waals surface area (Å²) in [6, 6.07) is 10.4. The number of piperidine rings is 1. The number of halogens is 3. The van der Waals surface area contributed by atoms with Gasteiger partial charge in [0.25, 0.3) is 5.91 Å². The number of nitrogens with zero attached hydrogens (tertiary/aromatic N) is 1. The normalized spacial score (nSPS) is 18.1. The Morgan fingerprint density at radius 2 is 1.80 bits per heavy atom. The summed E-state index contributed by atoms with van der Waals surface area (Å²) in [5, 5.41) is 10.3. The predicted molar refractivity (Wildman–Crippen MR) is 120 cm³/mol. The Morgan fingerprint density at radius 3 is 2.37 bits per heavy atom. The van der Waals surface area contributed by atoms with Crippen molar-refractivity contribution < 1.29 is 42.0 Å². The lowest BCUT2D eigenvalue weighted by molar-refractivity contribution is -0.184. The highest BCUT2D eigenvalue weighted by Gasteiger charge is 2.38. The van der Waals surface area contributed by atoms with Crippen molar-refractivity contribution in [1.82, 2.24) is 4.90 Å². The lowest BCUT2D eigenvalue weighted by Gasteiger charge is -2.37. The number of rotatable bonds is 8. The van der Waals surface area contributed by atoms with E-state index in [1.165, 1.54) is 19.2 Å². The van der Waals surface area contributed by atoms with Crippen molar-refractivity contribution >= 4 is 5.91 Å². The third kappa shape index (κ3) is 5.88. The molecule has 0 saturated carbocycles. The van der Waals surface area contributed by atoms with Crippen LogP contribution in [0.3, 0.4) is 0 Å². The predicted octanol–water partition coefficient (Wildman–Crippen LogP) is 3.63. The molecule has 0 aromatic heterocycles. The fourth-order valence-corrected chi connectivity index (χ4v) is 4.10. The van der Waals surface area contributed by atoms with E-state index in [1.807, 2.05) is 0 Å². The summed E-state index contributed by atoms with van der Waals surface area (Å²) >= 11 is 0. The molecule has 35 heavy (non-hydrogen) atoms. The van der Waals surface area contributed by atoms with Crippen molar-refractivity contribution in [2.75, 3.05) is 46.6 Å². The second-order valence-electron chi connectivity index (χ2n) is 8.71. The zero-order chi connectivity index (χ0) is 25.1. The van der Waals surface area contributed by atoms with Gasteiger partial charge in [0, 0.05) is 44.7 Å². The maximum absolute atomic E-state index is 13.3. The van der Waals surface area contributed by atoms with Crippen LogP contribution in [0.15, 0.2) is 42.5 Å². The SMILES string of the molecule is COCCOc1cc(OC2CCN(C(=O)c3ccc(C4(O)COC4)cc3)CC2)ccc1C(F)(F)F. The molecular weight excluding hydrogens is 467 g/mol. The van der Waals surface area contributed by atoms with Crippen LogP contribution in [0.5, 0.6) is 11.5 Å². The van der Waals surface area contributed by atoms with Crippen LogP contribution < -0.4 is 9.47 Å². The van der Waals surface area contributed by atoms with E-state index in [2.05, 4.69) is 0 Å². The zero-order valence-electron chi connectivity index (χ0n) is 19.3. The number of ether oxygens (including phenoxy) is 4. The number of aliphatic hydroxyl groups is 1. The first-order chi connectivity index (χ1) is 16.7. The quantitative estimate of drug-likeness (QED) is 0.564. The lowest BCUT2D eigenvalue weighted by atomic mass is 9.91. The van der Waals surface area contributed by atoms with Crippen LogP contribution in [0.2, 0.25) is 0 Å². The van der Waals surface area contributed by atoms with Gasteiger partial charge in [-0.1, -0.05) is 12.1 Å². The van der Waals surface area contributed by atoms with Crippen LogP contribution in [-0.2, 0) is 21.3 Å². The monoisotopic (exact) mass is 495 g/mol. The molecule has 0 atom stereocenters. The second kappa shape index (κ2) is 10.4. The fourth-order valence-electron chi connectivity index (χ4n) is 4.10. The van der Waals surface area contributed by atoms with Crippen molar-refractivity contribution in [3.63, 3.8) is 0 Å². The number of likely N-dealkylation sites (tertiary alicyclic amines) is 1. The first kappa shape index (κ1) is 25.3. The molecule has 2 fully saturated rings. The zero-order valence-corrected chi connectivity index (χ0v) is 19.3. The lowest BCUT2D eigenvalue weighted by Crippen LogP contribution is -2.46. The Morgan fingerprint density at radius 1 is 1.11 bits per heavy atom. The highest BCUT2D eigenvalue weighted by atomic mass is 19.4. The molecule has 2 heterocycles. The molecule has 10 heteroatoms. The van der Waals surface area contributed by atoms with Crippen molar-refractivity contribution in [3.05, 3.63) is 59.2 Å². The maximum Gasteiger partial charge on any atom is 0.419 e. The maximum atomic E-state index is 13.3. The highest BCUT2D eigenvalue weighted by Crippen LogP contribution is 2.38. The highest BCUT2D eigenvalue weighted by molar-refractivity contribution is 5.94. The van der Waals surface area contributed by atoms with Crippen LogP contribution in [0, 0.1) is 0 Å². The molecule has 2 saturated heterocycles. The minimum Gasteiger partial charge on any atom is -0.490 e. The van der Waals surface area contributed by atoms with E-state index in [4.69, 9.17) is 18.9 Å². The van der Waals surface area contributed by atoms with Crippen molar-refractivity contribution in [3.8, 4) is 11.5 Å². The molecule has 0 bridgehead atoms. The van der Waals surface area contributed by atoms with Gasteiger partial charge in [0.05, 0.1) is 25.4 Å². The average molecular weight is 495 g/mol. The minimum atomic E-state index is -4.55. The molecule has 2 aliphatic rings. The summed E-state index contributed by atoms with van der Waals surface area (Å²) in [5.41, 5.74) is -0.610. The van der Waals surface area contributed by atoms with Gasteiger partial charge in [0.2, 0.25) is 0 Å². The largest absolute Gasteiger partial charge is 0.490 e. The molecule has 1 N–H and O–H groups in total. The number of amides is 1. The molecule has 2 aromatic carbocycles. The van der Waals surface area contributed by atoms with Crippen LogP contribution in [-0.4, -0.2) is 68.6 Å². The van der Waals surface area contributed by atoms with Crippen molar-refractivity contribution in [2.24, 2.45) is 0 Å². The summed E-state index contributed by atoms with van der Waals surface area (Å²) in [4.78, 5) is 14.6. The fraction of sp³-hybridized carbons (Fsp3) is 0.480. The van der Waals surface area contributed by atoms with Crippen LogP contribution >= 0.6 is 0 Å². The van der Waals surface area contributed by atoms with E-state index in [1.54, 1.807) is 29.2 Å². The number of alkyl halides is 3. The Balaban J connectivity index is 1.34. The Bertz CT molecular complexity index is 1010. The van der Waals surface area contributed by atoms with E-state index < -0.39 is 17.3 Å². The molecule has 2 aliphatic heterocycles. The van der Waals surface area contributed by atoms with Crippen LogP contribution in [0.25, 0.3) is 0 Å². The summed E-state index contributed by atoms with van der Waals surface area (Å²) < 4.78 is 61.0. The van der Waals surface area contributed by atoms with Crippen LogP contribution in [0.4, 0.5) is 13.2 Å². The van der Waals surface area contributed by atoms with Gasteiger partial charge in [-0.3, -0.25) is 4.79 Å². The molecule has 2 aromatic rings. The Labute approximate surface area is 201 Å². The molecular formula is C25H28F3NO6. The van der Waals surface area contributed by atoms with E-state index in [9.17, 15) is 23.1 Å². The molecule has 1 amide bonds. The number of hydrogen-bond acceptors (Lipinski definition) is 6. The van der Waals surface area contributed by atoms with E-state index >= 15 is 0 Å². The Hall–Kier alpha value is -2.82. The summed E-state index contributed by atoms with van der Waals surface area (Å²) in [5.74, 6) is -0.139. The van der Waals surface area contributed by atoms with Gasteiger partial charge in [-0.15, -0.1) is 0 Å². The molecule has 0 aliphatic carbocycles. The number of carbonyl (C=O) groups excluding carboxylic acids is 1. The standard InChI is InChI=1S/C25H28F3NO6/c1-32-12-13-34-22-14-20(6-7-21(22)25(26,27)28)35-19-8-10-29(11-9-19)23(30)17-2-4-18(5-3-17)24(31)15-33-16-24/h2-7,14,19,31H,8-13,15-16H2,1H3. The third-order valence-electron chi connectivity index (χ3n) is 6.19. The van der Waals surface area contributed by atoms with Gasteiger partial charge >= 0.3 is 6.18 Å². The Kier molecular flexibility index (Phi) is 7.53. The van der Waals surface area contributed by atoms with Crippen molar-refractivity contribution in [1.29, 1.82) is 0 Å². The molecule has 0 spiro atoms. The van der Waals surface area contributed by atoms with E-state index in [0.29, 0.717) is 31.5 Å². The van der Waals surface area contributed by atoms with Gasteiger partial charge in [-0.25, -0.2) is 0 Å². The third-order valence-corrected chi connectivity index (χ3v) is 6.19. The van der Waals surface area contributed by atoms with Gasteiger partial charge in [-0.05, 0) is 29.8 Å². The first-order valence-electron chi connectivity index (χ1n) is 11.4. The van der Waals surface area contributed by atoms with Gasteiger partial charge in [0.15, 0.2) is 0 Å². The number of hydrogen-bond donors (Lipinski definition) is 1. The second-order valence-corrected chi connectivity index (χ2v) is 8.71. The number of carbonyl (C=O) groups is 1. The first-order valence-corrected chi connectivity index (χ1v) is 11.4. The summed E-state index contributed by atoms with van der Waals surface area (Å²) in [6.07, 6.45) is -3.70. The molecule has 7 nitrogen and oxygen atoms in total. The molecule has 0 unspecified atom stereocenters. The van der Waals surface area contributed by atoms with Gasteiger partial charge in [-0.2, -0.15) is 13.2 Å². The van der Waals surface area contributed by atoms with Gasteiger partial charge in [0.1, 0.15) is 29.8 Å². The molecule has 190 valence electrons. The topological polar surface area (TPSA) is 77.5 Å². The summed E-state index contributed by atoms with van der Waals surface area (Å²) in [7, 11) is 1.44. The molecule has 0 radical (unpaired) electrons. The number of benzene rings is 2. The van der Waals surface area contributed by atoms with Gasteiger partial charge < -0.3 is 29.0 Å². The van der Waals surface area contributed by atoms with E-state index in [0.717, 1.165) is 11.6 Å². The number of methoxy groups -OCH3 is 1. The minimum absolute atomic E-state index is 0.0163. The average Bonchev–Trinajstić information content (AvgIpc) is 2.82. The molecule has 4 rings (SSSR count).